The Hall–Kier alpha value is -14.2. The Morgan fingerprint density at radius 2 is 0.630 bits per heavy atom. The molecule has 14 aromatic carbocycles. The van der Waals surface area contributed by atoms with Crippen LogP contribution in [0.4, 0.5) is 28.4 Å². The largest absolute Gasteiger partial charge is 0.345 e. The van der Waals surface area contributed by atoms with Crippen molar-refractivity contribution >= 4 is 56.9 Å². The number of hydrogen-bond acceptors (Lipinski definition) is 10. The molecule has 2 aliphatic carbocycles. The van der Waals surface area contributed by atoms with Crippen LogP contribution in [0.1, 0.15) is 303 Å². The van der Waals surface area contributed by atoms with Crippen LogP contribution in [-0.2, 0) is 23.1 Å². The number of benzene rings is 14. The number of rotatable bonds is 11. The molecule has 2 saturated carbocycles. The summed E-state index contributed by atoms with van der Waals surface area (Å²) in [5.41, 5.74) is 33.7. The van der Waals surface area contributed by atoms with E-state index in [-0.39, 0.29) is 42.7 Å². The zero-order valence-electron chi connectivity index (χ0n) is 98.0. The smallest absolute Gasteiger partial charge is 0.119 e. The summed E-state index contributed by atoms with van der Waals surface area (Å²) < 4.78 is 130. The van der Waals surface area contributed by atoms with Crippen LogP contribution in [0, 0.1) is 46.5 Å². The maximum Gasteiger partial charge on any atom is 0.119 e. The SMILES string of the molecule is C.C.C.C.C.CC1=C2c3ccccc3C(C)(C)N2C(C2CCCCC2)N1c1ccccc1C.[2H]C([2H])([2H])C1N(c2ccccc2C)C(C)=C2c3ccccc3C([2H])([2H])N21.[2H]C([2H])([2H])C1N(c2ccccc2C)C(C)=C2c3ccccc3C([2H])(c3ccccc3)N21.[2H]C([2H])([2H])C1N(c2ccccc2C)C(C)=C2c3ccccc3C(c3ccccc3)(C3CCCC3)N21.[2H]C([2H])([2H])C1N(c2ccccc2C)C(C)=C2c3ccccc3C(c3ccccc3)(c3ccccc3)N21. The van der Waals surface area contributed by atoms with Gasteiger partial charge in [0.1, 0.15) is 36.4 Å². The van der Waals surface area contributed by atoms with Crippen LogP contribution in [0.5, 0.6) is 0 Å². The molecular formula is C136H156N10. The Bertz CT molecular complexity index is 7880. The average molecular weight is 1950 g/mol. The molecule has 10 aliphatic heterocycles. The first-order valence-corrected chi connectivity index (χ1v) is 50.6. The first-order valence-electron chi connectivity index (χ1n) is 58.1. The van der Waals surface area contributed by atoms with Gasteiger partial charge in [-0.1, -0.05) is 403 Å². The molecule has 0 bridgehead atoms. The molecule has 750 valence electrons. The molecule has 0 amide bonds. The van der Waals surface area contributed by atoms with Crippen LogP contribution in [0.3, 0.4) is 0 Å². The summed E-state index contributed by atoms with van der Waals surface area (Å²) in [6.07, 6.45) is 8.07. The highest BCUT2D eigenvalue weighted by molar-refractivity contribution is 5.90. The third-order valence-corrected chi connectivity index (χ3v) is 32.2. The van der Waals surface area contributed by atoms with Gasteiger partial charge in [-0.3, -0.25) is 0 Å². The van der Waals surface area contributed by atoms with Crippen molar-refractivity contribution in [2.75, 3.05) is 24.5 Å². The fourth-order valence-corrected chi connectivity index (χ4v) is 26.0. The lowest BCUT2D eigenvalue weighted by Crippen LogP contribution is -2.52. The van der Waals surface area contributed by atoms with Crippen molar-refractivity contribution in [3.05, 3.63) is 498 Å². The van der Waals surface area contributed by atoms with Crippen molar-refractivity contribution in [2.45, 2.75) is 265 Å². The molecule has 14 aromatic rings. The van der Waals surface area contributed by atoms with Crippen LogP contribution in [-0.4, -0.2) is 55.3 Å². The predicted molar refractivity (Wildman–Crippen MR) is 621 cm³/mol. The molecule has 26 rings (SSSR count). The first kappa shape index (κ1) is 85.1. The molecule has 10 heteroatoms. The number of nitrogens with zero attached hydrogens (tertiary/aromatic N) is 10. The second kappa shape index (κ2) is 41.7. The van der Waals surface area contributed by atoms with Gasteiger partial charge in [-0.05, 0) is 256 Å². The highest BCUT2D eigenvalue weighted by atomic mass is 15.5. The highest BCUT2D eigenvalue weighted by Crippen LogP contribution is 2.65. The fraction of sp³-hybridized carbons (Fsp3) is 0.309. The van der Waals surface area contributed by atoms with Crippen molar-refractivity contribution in [1.29, 1.82) is 0 Å². The number of allylic oxidation sites excluding steroid dienone is 5. The Balaban J connectivity index is 0.000000135. The molecule has 146 heavy (non-hydrogen) atoms. The first-order chi connectivity index (χ1) is 74.7. The van der Waals surface area contributed by atoms with Crippen LogP contribution in [0.2, 0.25) is 0 Å². The van der Waals surface area contributed by atoms with E-state index in [0.717, 1.165) is 148 Å². The second-order valence-electron chi connectivity index (χ2n) is 40.3. The molecule has 0 N–H and O–H groups in total. The van der Waals surface area contributed by atoms with Gasteiger partial charge < -0.3 is 49.0 Å². The van der Waals surface area contributed by atoms with E-state index in [9.17, 15) is 1.37 Å². The minimum absolute atomic E-state index is 0. The number of fused-ring (bicyclic) bond motifs is 15. The van der Waals surface area contributed by atoms with E-state index in [1.807, 2.05) is 243 Å². The molecule has 0 aromatic heterocycles. The van der Waals surface area contributed by atoms with Crippen molar-refractivity contribution in [3.63, 3.8) is 0 Å². The zero-order valence-corrected chi connectivity index (χ0v) is 83.0. The summed E-state index contributed by atoms with van der Waals surface area (Å²) in [4.78, 5) is 21.0. The zero-order chi connectivity index (χ0) is 110. The monoisotopic (exact) mass is 1940 g/mol. The van der Waals surface area contributed by atoms with Gasteiger partial charge in [0.25, 0.3) is 0 Å². The Kier molecular flexibility index (Phi) is 24.3. The fourth-order valence-electron chi connectivity index (χ4n) is 26.0. The summed E-state index contributed by atoms with van der Waals surface area (Å²) in [7, 11) is 0. The molecule has 10 heterocycles. The van der Waals surface area contributed by atoms with Crippen molar-refractivity contribution in [1.82, 2.24) is 24.5 Å². The van der Waals surface area contributed by atoms with E-state index >= 15 is 0 Å². The number of hydrogen-bond donors (Lipinski definition) is 0. The van der Waals surface area contributed by atoms with Crippen molar-refractivity contribution in [2.24, 2.45) is 11.8 Å². The minimum Gasteiger partial charge on any atom is -0.345 e. The maximum absolute atomic E-state index is 9.75. The molecule has 0 spiro atoms. The maximum atomic E-state index is 9.75. The van der Waals surface area contributed by atoms with Gasteiger partial charge in [0.15, 0.2) is 0 Å². The highest BCUT2D eigenvalue weighted by Gasteiger charge is 2.61. The Labute approximate surface area is 896 Å². The Morgan fingerprint density at radius 1 is 0.288 bits per heavy atom. The molecule has 7 unspecified atom stereocenters. The molecule has 0 radical (unpaired) electrons. The standard InChI is InChI=1S/C31H28N2.C30H32N2.C26H32N2.C25H24N2.C19H20N2.5CH4/c1-22-14-10-13-21-29(22)32-23(2)30-27-19-11-12-20-28(27)31(33(30)24(32)3,25-15-6-4-7-16-25)26-17-8-5-9-18-26;1-21-13-7-12-20-28(21)31-22(2)29-26-18-10-11-19-27(26)30(32(29)23(31)3,25-16-8-9-17-25)24-14-5-4-6-15-24;1-18-12-8-11-17-23(18)27-19(2)24-21-15-9-10-16-22(21)26(3,4)28(24)25(27)20-13-6-5-7-14-20;1-17-11-7-10-16-23(17)26-18(2)24-21-14-8-9-15-22(21)25(27(24)19(26)3)20-12-5-4-6-13-20;1-13-8-4-7-11-18(13)21-14(2)19-17-10-6-5-9-16(17)12-20(19)15(21)3;;;;;/h4-21,24H,1-3H3;4-7,10-15,18-20,23,25H,8-9,16-17H2,1-3H3;8-12,15-17,20,25H,5-7,13-14H2,1-4H3;4-16,19,25H,1-3H3;4-11,15H,12H2,1-3H3;5*1H4/i2*3D3;;3D3,25D;3D3,12D2;;;;;. The summed E-state index contributed by atoms with van der Waals surface area (Å²) >= 11 is 0. The molecular weight excluding hydrogens is 1770 g/mol. The molecule has 12 aliphatic rings. The summed E-state index contributed by atoms with van der Waals surface area (Å²) in [6.45, 7) is 14.4. The summed E-state index contributed by atoms with van der Waals surface area (Å²) in [5, 5.41) is 0. The van der Waals surface area contributed by atoms with E-state index in [4.69, 9.17) is 19.2 Å². The molecule has 2 fully saturated rings. The van der Waals surface area contributed by atoms with Crippen LogP contribution in [0.25, 0.3) is 28.5 Å². The van der Waals surface area contributed by atoms with Gasteiger partial charge in [0.2, 0.25) is 0 Å². The van der Waals surface area contributed by atoms with Gasteiger partial charge in [-0.15, -0.1) is 0 Å². The van der Waals surface area contributed by atoms with Crippen molar-refractivity contribution in [3.8, 4) is 0 Å². The van der Waals surface area contributed by atoms with E-state index in [1.165, 1.54) is 100 Å². The lowest BCUT2D eigenvalue weighted by Gasteiger charge is -2.48. The number of aryl methyl sites for hydroxylation is 5. The van der Waals surface area contributed by atoms with Gasteiger partial charge in [-0.25, -0.2) is 0 Å². The minimum atomic E-state index is -2.39. The van der Waals surface area contributed by atoms with E-state index in [2.05, 4.69) is 231 Å². The topological polar surface area (TPSA) is 32.4 Å². The second-order valence-corrected chi connectivity index (χ2v) is 40.3. The normalized spacial score (nSPS) is 23.7. The van der Waals surface area contributed by atoms with E-state index < -0.39 is 75.7 Å². The van der Waals surface area contributed by atoms with E-state index in [0.29, 0.717) is 23.3 Å². The lowest BCUT2D eigenvalue weighted by atomic mass is 9.71. The van der Waals surface area contributed by atoms with Crippen LogP contribution >= 0.6 is 0 Å². The van der Waals surface area contributed by atoms with Gasteiger partial charge in [0.05, 0.1) is 49.7 Å². The summed E-state index contributed by atoms with van der Waals surface area (Å²) in [5.74, 6) is 1.06. The predicted octanol–water partition coefficient (Wildman–Crippen LogP) is 34.6. The third-order valence-electron chi connectivity index (χ3n) is 32.2. The van der Waals surface area contributed by atoms with Crippen LogP contribution in [0.15, 0.2) is 392 Å². The van der Waals surface area contributed by atoms with Gasteiger partial charge >= 0.3 is 0 Å². The number of anilines is 5. The average Bonchev–Trinajstić information content (AvgIpc) is 1.50. The molecule has 0 saturated heterocycles. The Morgan fingerprint density at radius 3 is 1.12 bits per heavy atom. The molecule has 7 atom stereocenters. The molecule has 10 nitrogen and oxygen atoms in total. The van der Waals surface area contributed by atoms with Crippen LogP contribution < -0.4 is 24.5 Å². The van der Waals surface area contributed by atoms with Crippen molar-refractivity contribution < 1.29 is 20.6 Å². The number of para-hydroxylation sites is 5. The third kappa shape index (κ3) is 16.4. The lowest BCUT2D eigenvalue weighted by molar-refractivity contribution is 0.108. The summed E-state index contributed by atoms with van der Waals surface area (Å²) in [6, 6.07) is 121. The quantitative estimate of drug-likeness (QED) is 0.125. The van der Waals surface area contributed by atoms with Gasteiger partial charge in [-0.2, -0.15) is 0 Å². The van der Waals surface area contributed by atoms with E-state index in [1.54, 1.807) is 17.0 Å². The van der Waals surface area contributed by atoms with Gasteiger partial charge in [0, 0.05) is 108 Å².